The molecule has 0 saturated carbocycles. The van der Waals surface area contributed by atoms with Gasteiger partial charge in [-0.05, 0) is 50.6 Å². The van der Waals surface area contributed by atoms with E-state index in [0.717, 1.165) is 11.4 Å². The number of hydrogen-bond acceptors (Lipinski definition) is 6. The molecule has 1 aromatic carbocycles. The monoisotopic (exact) mass is 426 g/mol. The Kier molecular flexibility index (Phi) is 6.66. The number of benzene rings is 1. The summed E-state index contributed by atoms with van der Waals surface area (Å²) in [6, 6.07) is 6.84. The molecule has 0 aliphatic carbocycles. The van der Waals surface area contributed by atoms with Gasteiger partial charge in [0.1, 0.15) is 0 Å². The maximum absolute atomic E-state index is 12.3. The number of anilines is 1. The van der Waals surface area contributed by atoms with Gasteiger partial charge in [0.25, 0.3) is 0 Å². The molecule has 0 fully saturated rings. The Morgan fingerprint density at radius 3 is 2.55 bits per heavy atom. The van der Waals surface area contributed by atoms with Crippen LogP contribution in [0.15, 0.2) is 47.5 Å². The maximum Gasteiger partial charge on any atom is 0.234 e. The number of carbonyl (C=O) groups is 2. The summed E-state index contributed by atoms with van der Waals surface area (Å²) in [7, 11) is 0. The highest BCUT2D eigenvalue weighted by Gasteiger charge is 2.18. The van der Waals surface area contributed by atoms with Crippen LogP contribution in [0.2, 0.25) is 0 Å². The van der Waals surface area contributed by atoms with Crippen LogP contribution in [0.5, 0.6) is 0 Å². The van der Waals surface area contributed by atoms with Gasteiger partial charge in [0, 0.05) is 33.6 Å². The molecule has 150 valence electrons. The number of aryl methyl sites for hydroxylation is 1. The van der Waals surface area contributed by atoms with E-state index in [-0.39, 0.29) is 17.4 Å². The van der Waals surface area contributed by atoms with E-state index in [4.69, 9.17) is 0 Å². The minimum absolute atomic E-state index is 0.00755. The van der Waals surface area contributed by atoms with Gasteiger partial charge in [-0.15, -0.1) is 28.1 Å². The first-order valence-corrected chi connectivity index (χ1v) is 10.9. The molecule has 3 rings (SSSR count). The molecular weight excluding hydrogens is 404 g/mol. The number of Topliss-reactive ketones (excluding diaryl/α,β-unsaturated/α-hetero) is 1. The summed E-state index contributed by atoms with van der Waals surface area (Å²) in [5.74, 6) is 0.829. The predicted molar refractivity (Wildman–Crippen MR) is 119 cm³/mol. The van der Waals surface area contributed by atoms with Crippen LogP contribution in [-0.4, -0.2) is 32.2 Å². The first-order valence-electron chi connectivity index (χ1n) is 9.03. The third-order valence-electron chi connectivity index (χ3n) is 4.46. The van der Waals surface area contributed by atoms with Gasteiger partial charge in [-0.3, -0.25) is 14.2 Å². The lowest BCUT2D eigenvalue weighted by Crippen LogP contribution is -2.14. The highest BCUT2D eigenvalue weighted by atomic mass is 32.2. The van der Waals surface area contributed by atoms with Crippen molar-refractivity contribution in [1.29, 1.82) is 0 Å². The number of amides is 1. The fourth-order valence-corrected chi connectivity index (χ4v) is 4.35. The molecule has 0 radical (unpaired) electrons. The maximum atomic E-state index is 12.3. The van der Waals surface area contributed by atoms with Crippen molar-refractivity contribution in [3.8, 4) is 11.4 Å². The fourth-order valence-electron chi connectivity index (χ4n) is 2.74. The Balaban J connectivity index is 1.70. The average molecular weight is 427 g/mol. The molecule has 0 unspecified atom stereocenters. The molecule has 0 bridgehead atoms. The topological polar surface area (TPSA) is 76.9 Å². The van der Waals surface area contributed by atoms with Crippen molar-refractivity contribution in [2.45, 2.75) is 32.5 Å². The van der Waals surface area contributed by atoms with Gasteiger partial charge in [-0.1, -0.05) is 17.8 Å². The van der Waals surface area contributed by atoms with E-state index in [1.807, 2.05) is 4.57 Å². The molecule has 0 saturated heterocycles. The smallest absolute Gasteiger partial charge is 0.234 e. The zero-order valence-corrected chi connectivity index (χ0v) is 18.2. The lowest BCUT2D eigenvalue weighted by Gasteiger charge is -2.08. The highest BCUT2D eigenvalue weighted by molar-refractivity contribution is 7.99. The first-order chi connectivity index (χ1) is 13.9. The van der Waals surface area contributed by atoms with Crippen molar-refractivity contribution in [3.63, 3.8) is 0 Å². The number of ketones is 1. The van der Waals surface area contributed by atoms with Crippen LogP contribution < -0.4 is 5.32 Å². The van der Waals surface area contributed by atoms with E-state index in [2.05, 4.69) is 41.3 Å². The molecular formula is C21H22N4O2S2. The highest BCUT2D eigenvalue weighted by Crippen LogP contribution is 2.31. The van der Waals surface area contributed by atoms with E-state index in [1.165, 1.54) is 29.1 Å². The van der Waals surface area contributed by atoms with Crippen LogP contribution in [0, 0.1) is 13.8 Å². The van der Waals surface area contributed by atoms with E-state index in [0.29, 0.717) is 23.0 Å². The molecule has 2 heterocycles. The second-order valence-electron chi connectivity index (χ2n) is 6.51. The van der Waals surface area contributed by atoms with Gasteiger partial charge < -0.3 is 5.32 Å². The van der Waals surface area contributed by atoms with Crippen LogP contribution in [0.3, 0.4) is 0 Å². The van der Waals surface area contributed by atoms with Crippen molar-refractivity contribution in [3.05, 3.63) is 58.3 Å². The molecule has 2 aromatic heterocycles. The molecule has 0 atom stereocenters. The normalized spacial score (nSPS) is 10.7. The Hall–Kier alpha value is -2.71. The zero-order valence-electron chi connectivity index (χ0n) is 16.6. The summed E-state index contributed by atoms with van der Waals surface area (Å²) >= 11 is 3.01. The minimum atomic E-state index is -0.150. The predicted octanol–water partition coefficient (Wildman–Crippen LogP) is 4.74. The Morgan fingerprint density at radius 1 is 1.24 bits per heavy atom. The second kappa shape index (κ2) is 9.19. The molecule has 29 heavy (non-hydrogen) atoms. The third kappa shape index (κ3) is 4.83. The molecule has 1 N–H and O–H groups in total. The summed E-state index contributed by atoms with van der Waals surface area (Å²) in [6.07, 6.45) is 1.79. The summed E-state index contributed by atoms with van der Waals surface area (Å²) in [4.78, 5) is 24.9. The van der Waals surface area contributed by atoms with Crippen LogP contribution >= 0.6 is 23.1 Å². The first kappa shape index (κ1) is 21.0. The zero-order chi connectivity index (χ0) is 21.0. The van der Waals surface area contributed by atoms with Crippen LogP contribution in [-0.2, 0) is 11.3 Å². The van der Waals surface area contributed by atoms with Gasteiger partial charge in [0.2, 0.25) is 5.91 Å². The number of nitrogens with zero attached hydrogens (tertiary/aromatic N) is 3. The number of rotatable bonds is 8. The lowest BCUT2D eigenvalue weighted by atomic mass is 10.1. The Labute approximate surface area is 178 Å². The summed E-state index contributed by atoms with van der Waals surface area (Å²) < 4.78 is 1.97. The largest absolute Gasteiger partial charge is 0.325 e. The molecule has 6 nitrogen and oxygen atoms in total. The molecule has 1 amide bonds. The van der Waals surface area contributed by atoms with Crippen molar-refractivity contribution in [2.75, 3.05) is 11.1 Å². The fraction of sp³-hybridized carbons (Fsp3) is 0.238. The van der Waals surface area contributed by atoms with E-state index < -0.39 is 0 Å². The number of aromatic nitrogens is 3. The van der Waals surface area contributed by atoms with Crippen molar-refractivity contribution in [2.24, 2.45) is 0 Å². The quantitative estimate of drug-likeness (QED) is 0.320. The number of allylic oxidation sites excluding steroid dienone is 1. The van der Waals surface area contributed by atoms with E-state index >= 15 is 0 Å². The van der Waals surface area contributed by atoms with Crippen LogP contribution in [0.1, 0.15) is 27.7 Å². The van der Waals surface area contributed by atoms with E-state index in [9.17, 15) is 9.59 Å². The molecule has 0 spiro atoms. The van der Waals surface area contributed by atoms with Gasteiger partial charge >= 0.3 is 0 Å². The summed E-state index contributed by atoms with van der Waals surface area (Å²) in [5, 5.41) is 14.2. The van der Waals surface area contributed by atoms with Gasteiger partial charge in [-0.25, -0.2) is 0 Å². The van der Waals surface area contributed by atoms with Gasteiger partial charge in [0.15, 0.2) is 16.8 Å². The van der Waals surface area contributed by atoms with Crippen LogP contribution in [0.25, 0.3) is 11.4 Å². The van der Waals surface area contributed by atoms with Gasteiger partial charge in [-0.2, -0.15) is 0 Å². The molecule has 0 aliphatic heterocycles. The van der Waals surface area contributed by atoms with Crippen molar-refractivity contribution < 1.29 is 9.59 Å². The molecule has 3 aromatic rings. The number of thioether (sulfide) groups is 1. The minimum Gasteiger partial charge on any atom is -0.325 e. The van der Waals surface area contributed by atoms with E-state index in [1.54, 1.807) is 41.7 Å². The Morgan fingerprint density at radius 2 is 1.97 bits per heavy atom. The Bertz CT molecular complexity index is 1050. The van der Waals surface area contributed by atoms with Gasteiger partial charge in [0.05, 0.1) is 5.75 Å². The SMILES string of the molecule is C=CCn1c(SCC(=O)Nc2ccc(C(C)=O)cc2)nnc1-c1csc(C)c1C. The number of carbonyl (C=O) groups excluding carboxylic acids is 2. The molecule has 0 aliphatic rings. The number of hydrogen-bond donors (Lipinski definition) is 1. The summed E-state index contributed by atoms with van der Waals surface area (Å²) in [6.45, 7) is 10.1. The van der Waals surface area contributed by atoms with Crippen molar-refractivity contribution in [1.82, 2.24) is 14.8 Å². The molecule has 8 heteroatoms. The standard InChI is InChI=1S/C21H22N4O2S2/c1-5-10-25-20(18-11-28-15(4)13(18)2)23-24-21(25)29-12-19(27)22-17-8-6-16(7-9-17)14(3)26/h5-9,11H,1,10,12H2,2-4H3,(H,22,27). The number of thiophene rings is 1. The van der Waals surface area contributed by atoms with Crippen molar-refractivity contribution >= 4 is 40.5 Å². The lowest BCUT2D eigenvalue weighted by molar-refractivity contribution is -0.113. The average Bonchev–Trinajstić information content (AvgIpc) is 3.24. The number of nitrogens with one attached hydrogen (secondary N) is 1. The second-order valence-corrected chi connectivity index (χ2v) is 8.53. The van der Waals surface area contributed by atoms with Crippen LogP contribution in [0.4, 0.5) is 5.69 Å². The third-order valence-corrected chi connectivity index (χ3v) is 6.44. The summed E-state index contributed by atoms with van der Waals surface area (Å²) in [5.41, 5.74) is 3.51.